The Balaban J connectivity index is 2.50. The lowest BCUT2D eigenvalue weighted by atomic mass is 10.1. The van der Waals surface area contributed by atoms with Gasteiger partial charge in [0.05, 0.1) is 18.2 Å². The largest absolute Gasteiger partial charge is 0.497 e. The van der Waals surface area contributed by atoms with E-state index >= 15 is 0 Å². The number of benzene rings is 1. The molecule has 0 aliphatic heterocycles. The monoisotopic (exact) mass is 246 g/mol. The molecule has 0 saturated carbocycles. The molecule has 0 aliphatic rings. The summed E-state index contributed by atoms with van der Waals surface area (Å²) in [5.74, 6) is 0.735. The van der Waals surface area contributed by atoms with E-state index in [-0.39, 0.29) is 11.9 Å². The molecule has 0 atom stereocenters. The summed E-state index contributed by atoms with van der Waals surface area (Å²) < 4.78 is 5.18. The highest BCUT2D eigenvalue weighted by Crippen LogP contribution is 2.25. The van der Waals surface area contributed by atoms with E-state index in [4.69, 9.17) is 4.74 Å². The lowest BCUT2D eigenvalue weighted by Gasteiger charge is -2.08. The van der Waals surface area contributed by atoms with Crippen LogP contribution in [-0.4, -0.2) is 24.0 Å². The van der Waals surface area contributed by atoms with Crippen LogP contribution in [0.15, 0.2) is 18.2 Å². The second-order valence-electron chi connectivity index (χ2n) is 4.66. The number of aryl methyl sites for hydroxylation is 1. The standard InChI is InChI=1S/C14H18N2O2/c1-8(2)15-14(17)13-9(3)16-12-7-10(18-4)5-6-11(12)13/h5-8,16H,1-4H3,(H,15,17). The summed E-state index contributed by atoms with van der Waals surface area (Å²) in [6.45, 7) is 5.80. The van der Waals surface area contributed by atoms with E-state index in [2.05, 4.69) is 10.3 Å². The predicted molar refractivity (Wildman–Crippen MR) is 72.2 cm³/mol. The Morgan fingerprint density at radius 1 is 1.39 bits per heavy atom. The number of H-pyrrole nitrogens is 1. The van der Waals surface area contributed by atoms with E-state index in [9.17, 15) is 4.79 Å². The molecule has 1 heterocycles. The molecule has 0 aliphatic carbocycles. The number of rotatable bonds is 3. The Kier molecular flexibility index (Phi) is 3.28. The molecule has 2 N–H and O–H groups in total. The highest BCUT2D eigenvalue weighted by atomic mass is 16.5. The van der Waals surface area contributed by atoms with Crippen molar-refractivity contribution in [2.45, 2.75) is 26.8 Å². The van der Waals surface area contributed by atoms with Gasteiger partial charge in [-0.3, -0.25) is 4.79 Å². The first-order valence-corrected chi connectivity index (χ1v) is 6.00. The van der Waals surface area contributed by atoms with Gasteiger partial charge in [-0.25, -0.2) is 0 Å². The first-order valence-electron chi connectivity index (χ1n) is 6.00. The van der Waals surface area contributed by atoms with Crippen molar-refractivity contribution in [2.75, 3.05) is 7.11 Å². The number of fused-ring (bicyclic) bond motifs is 1. The predicted octanol–water partition coefficient (Wildman–Crippen LogP) is 2.62. The van der Waals surface area contributed by atoms with Gasteiger partial charge in [-0.05, 0) is 32.9 Å². The summed E-state index contributed by atoms with van der Waals surface area (Å²) >= 11 is 0. The molecule has 2 rings (SSSR count). The van der Waals surface area contributed by atoms with Crippen molar-refractivity contribution < 1.29 is 9.53 Å². The Morgan fingerprint density at radius 3 is 2.72 bits per heavy atom. The molecule has 1 aromatic carbocycles. The molecule has 0 spiro atoms. The van der Waals surface area contributed by atoms with Gasteiger partial charge in [0.1, 0.15) is 5.75 Å². The quantitative estimate of drug-likeness (QED) is 0.874. The lowest BCUT2D eigenvalue weighted by molar-refractivity contribution is 0.0944. The first-order chi connectivity index (χ1) is 8.52. The molecule has 4 heteroatoms. The van der Waals surface area contributed by atoms with Gasteiger partial charge in [0.15, 0.2) is 0 Å². The number of carbonyl (C=O) groups excluding carboxylic acids is 1. The summed E-state index contributed by atoms with van der Waals surface area (Å²) in [7, 11) is 1.63. The van der Waals surface area contributed by atoms with Crippen LogP contribution in [0.25, 0.3) is 10.9 Å². The van der Waals surface area contributed by atoms with Crippen molar-refractivity contribution in [3.8, 4) is 5.75 Å². The van der Waals surface area contributed by atoms with Crippen LogP contribution < -0.4 is 10.1 Å². The highest BCUT2D eigenvalue weighted by molar-refractivity contribution is 6.08. The zero-order valence-electron chi connectivity index (χ0n) is 11.1. The van der Waals surface area contributed by atoms with Gasteiger partial charge >= 0.3 is 0 Å². The van der Waals surface area contributed by atoms with E-state index in [1.54, 1.807) is 7.11 Å². The van der Waals surface area contributed by atoms with Crippen molar-refractivity contribution >= 4 is 16.8 Å². The third-order valence-electron chi connectivity index (χ3n) is 2.84. The number of ether oxygens (including phenoxy) is 1. The minimum atomic E-state index is -0.0427. The van der Waals surface area contributed by atoms with Crippen LogP contribution in [0.5, 0.6) is 5.75 Å². The fourth-order valence-corrected chi connectivity index (χ4v) is 2.07. The van der Waals surface area contributed by atoms with Crippen molar-refractivity contribution in [3.05, 3.63) is 29.5 Å². The molecule has 2 aromatic rings. The van der Waals surface area contributed by atoms with Crippen LogP contribution in [0.2, 0.25) is 0 Å². The average molecular weight is 246 g/mol. The molecular weight excluding hydrogens is 228 g/mol. The molecule has 0 bridgehead atoms. The lowest BCUT2D eigenvalue weighted by Crippen LogP contribution is -2.30. The van der Waals surface area contributed by atoms with Crippen LogP contribution in [0.1, 0.15) is 29.9 Å². The van der Waals surface area contributed by atoms with Gasteiger partial charge < -0.3 is 15.0 Å². The third-order valence-corrected chi connectivity index (χ3v) is 2.84. The Hall–Kier alpha value is -1.97. The first kappa shape index (κ1) is 12.5. The maximum atomic E-state index is 12.1. The zero-order chi connectivity index (χ0) is 13.3. The topological polar surface area (TPSA) is 54.1 Å². The van der Waals surface area contributed by atoms with Gasteiger partial charge in [-0.1, -0.05) is 0 Å². The molecule has 0 unspecified atom stereocenters. The van der Waals surface area contributed by atoms with Crippen LogP contribution in [0.3, 0.4) is 0 Å². The molecule has 1 aromatic heterocycles. The van der Waals surface area contributed by atoms with Crippen LogP contribution in [-0.2, 0) is 0 Å². The summed E-state index contributed by atoms with van der Waals surface area (Å²) in [4.78, 5) is 15.4. The maximum absolute atomic E-state index is 12.1. The van der Waals surface area contributed by atoms with E-state index in [0.717, 1.165) is 22.3 Å². The van der Waals surface area contributed by atoms with Gasteiger partial charge in [0.2, 0.25) is 0 Å². The minimum absolute atomic E-state index is 0.0427. The summed E-state index contributed by atoms with van der Waals surface area (Å²) in [6.07, 6.45) is 0. The van der Waals surface area contributed by atoms with Crippen molar-refractivity contribution in [2.24, 2.45) is 0 Å². The molecule has 1 amide bonds. The minimum Gasteiger partial charge on any atom is -0.497 e. The summed E-state index contributed by atoms with van der Waals surface area (Å²) in [5.41, 5.74) is 2.50. The number of amides is 1. The fourth-order valence-electron chi connectivity index (χ4n) is 2.07. The van der Waals surface area contributed by atoms with Gasteiger partial charge in [-0.2, -0.15) is 0 Å². The Bertz CT molecular complexity index is 585. The number of aromatic nitrogens is 1. The average Bonchev–Trinajstić information content (AvgIpc) is 2.62. The third kappa shape index (κ3) is 2.18. The fraction of sp³-hybridized carbons (Fsp3) is 0.357. The molecule has 0 radical (unpaired) electrons. The van der Waals surface area contributed by atoms with Crippen LogP contribution in [0.4, 0.5) is 0 Å². The van der Waals surface area contributed by atoms with E-state index in [1.165, 1.54) is 0 Å². The normalized spacial score (nSPS) is 10.9. The summed E-state index contributed by atoms with van der Waals surface area (Å²) in [6, 6.07) is 5.79. The number of hydrogen-bond donors (Lipinski definition) is 2. The summed E-state index contributed by atoms with van der Waals surface area (Å²) in [5, 5.41) is 3.84. The highest BCUT2D eigenvalue weighted by Gasteiger charge is 2.16. The van der Waals surface area contributed by atoms with Crippen LogP contribution in [0, 0.1) is 6.92 Å². The number of aromatic amines is 1. The Morgan fingerprint density at radius 2 is 2.11 bits per heavy atom. The van der Waals surface area contributed by atoms with E-state index in [1.807, 2.05) is 39.0 Å². The molecule has 0 fully saturated rings. The molecule has 0 saturated heterocycles. The molecular formula is C14H18N2O2. The van der Waals surface area contributed by atoms with Crippen LogP contribution >= 0.6 is 0 Å². The van der Waals surface area contributed by atoms with Gasteiger partial charge in [-0.15, -0.1) is 0 Å². The SMILES string of the molecule is COc1ccc2c(C(=O)NC(C)C)c(C)[nH]c2c1. The molecule has 18 heavy (non-hydrogen) atoms. The number of nitrogens with one attached hydrogen (secondary N) is 2. The number of hydrogen-bond acceptors (Lipinski definition) is 2. The molecule has 4 nitrogen and oxygen atoms in total. The van der Waals surface area contributed by atoms with Crippen molar-refractivity contribution in [1.82, 2.24) is 10.3 Å². The second-order valence-corrected chi connectivity index (χ2v) is 4.66. The zero-order valence-corrected chi connectivity index (χ0v) is 11.1. The maximum Gasteiger partial charge on any atom is 0.253 e. The van der Waals surface area contributed by atoms with Crippen molar-refractivity contribution in [3.63, 3.8) is 0 Å². The van der Waals surface area contributed by atoms with Gasteiger partial charge in [0.25, 0.3) is 5.91 Å². The molecule has 96 valence electrons. The van der Waals surface area contributed by atoms with E-state index < -0.39 is 0 Å². The number of methoxy groups -OCH3 is 1. The van der Waals surface area contributed by atoms with Gasteiger partial charge in [0, 0.05) is 23.2 Å². The smallest absolute Gasteiger partial charge is 0.253 e. The Labute approximate surface area is 106 Å². The van der Waals surface area contributed by atoms with E-state index in [0.29, 0.717) is 5.56 Å². The van der Waals surface area contributed by atoms with Crippen molar-refractivity contribution in [1.29, 1.82) is 0 Å². The number of carbonyl (C=O) groups is 1. The second kappa shape index (κ2) is 4.72.